The Bertz CT molecular complexity index is 549. The van der Waals surface area contributed by atoms with E-state index in [0.717, 1.165) is 18.2 Å². The first-order chi connectivity index (χ1) is 9.97. The fraction of sp³-hybridized carbons (Fsp3) is 0.364. The highest BCUT2D eigenvalue weighted by Crippen LogP contribution is 2.23. The molecule has 1 aromatic carbocycles. The van der Waals surface area contributed by atoms with Gasteiger partial charge in [-0.05, 0) is 0 Å². The van der Waals surface area contributed by atoms with Crippen molar-refractivity contribution in [3.8, 4) is 0 Å². The van der Waals surface area contributed by atoms with Gasteiger partial charge in [-0.25, -0.2) is 4.79 Å². The Labute approximate surface area is 117 Å². The maximum Gasteiger partial charge on any atom is 0.338 e. The SMILES string of the molecule is O=C(OCC1COCO1)c1cc([N+](=O)[O-])cc([N+](=O)[O-])c1. The zero-order valence-corrected chi connectivity index (χ0v) is 10.6. The van der Waals surface area contributed by atoms with Crippen LogP contribution in [-0.4, -0.2) is 41.9 Å². The zero-order valence-electron chi connectivity index (χ0n) is 10.6. The smallest absolute Gasteiger partial charge is 0.338 e. The molecule has 1 atom stereocenters. The van der Waals surface area contributed by atoms with Crippen molar-refractivity contribution in [3.63, 3.8) is 0 Å². The standard InChI is InChI=1S/C11H10N2O8/c14-11(20-5-10-4-19-6-21-10)7-1-8(12(15)16)3-9(2-7)13(17)18/h1-3,10H,4-6H2. The molecule has 0 amide bonds. The van der Waals surface area contributed by atoms with Crippen LogP contribution < -0.4 is 0 Å². The van der Waals surface area contributed by atoms with E-state index in [-0.39, 0.29) is 25.6 Å². The van der Waals surface area contributed by atoms with Crippen LogP contribution in [0.2, 0.25) is 0 Å². The van der Waals surface area contributed by atoms with Crippen LogP contribution in [0.3, 0.4) is 0 Å². The molecule has 0 saturated carbocycles. The van der Waals surface area contributed by atoms with Gasteiger partial charge < -0.3 is 14.2 Å². The largest absolute Gasteiger partial charge is 0.459 e. The molecule has 1 aromatic rings. The minimum Gasteiger partial charge on any atom is -0.459 e. The third-order valence-corrected chi connectivity index (χ3v) is 2.65. The third-order valence-electron chi connectivity index (χ3n) is 2.65. The first-order valence-corrected chi connectivity index (χ1v) is 5.77. The van der Waals surface area contributed by atoms with Crippen molar-refractivity contribution in [2.75, 3.05) is 20.0 Å². The van der Waals surface area contributed by atoms with Gasteiger partial charge in [-0.2, -0.15) is 0 Å². The second kappa shape index (κ2) is 6.24. The summed E-state index contributed by atoms with van der Waals surface area (Å²) in [5, 5.41) is 21.4. The number of hydrogen-bond acceptors (Lipinski definition) is 8. The second-order valence-electron chi connectivity index (χ2n) is 4.13. The summed E-state index contributed by atoms with van der Waals surface area (Å²) in [6, 6.07) is 2.60. The Hall–Kier alpha value is -2.59. The van der Waals surface area contributed by atoms with E-state index in [2.05, 4.69) is 0 Å². The van der Waals surface area contributed by atoms with Crippen LogP contribution in [0.15, 0.2) is 18.2 Å². The monoisotopic (exact) mass is 298 g/mol. The number of ether oxygens (including phenoxy) is 3. The van der Waals surface area contributed by atoms with Gasteiger partial charge in [0.25, 0.3) is 11.4 Å². The number of esters is 1. The van der Waals surface area contributed by atoms with Gasteiger partial charge in [0.1, 0.15) is 19.5 Å². The van der Waals surface area contributed by atoms with Gasteiger partial charge in [-0.1, -0.05) is 0 Å². The van der Waals surface area contributed by atoms with Crippen LogP contribution in [0.4, 0.5) is 11.4 Å². The van der Waals surface area contributed by atoms with Crippen LogP contribution in [0, 0.1) is 20.2 Å². The first-order valence-electron chi connectivity index (χ1n) is 5.77. The lowest BCUT2D eigenvalue weighted by Gasteiger charge is -2.08. The molecule has 10 nitrogen and oxygen atoms in total. The van der Waals surface area contributed by atoms with E-state index in [9.17, 15) is 25.0 Å². The Kier molecular flexibility index (Phi) is 4.40. The predicted octanol–water partition coefficient (Wildman–Crippen LogP) is 1.03. The number of carbonyl (C=O) groups excluding carboxylic acids is 1. The Morgan fingerprint density at radius 3 is 2.33 bits per heavy atom. The summed E-state index contributed by atoms with van der Waals surface area (Å²) in [5.41, 5.74) is -1.39. The number of rotatable bonds is 5. The minimum atomic E-state index is -0.905. The number of benzene rings is 1. The summed E-state index contributed by atoms with van der Waals surface area (Å²) in [6.45, 7) is 0.266. The summed E-state index contributed by atoms with van der Waals surface area (Å²) in [5.74, 6) is -0.905. The van der Waals surface area contributed by atoms with E-state index in [0.29, 0.717) is 0 Å². The van der Waals surface area contributed by atoms with Gasteiger partial charge in [0.2, 0.25) is 0 Å². The fourth-order valence-corrected chi connectivity index (χ4v) is 1.64. The summed E-state index contributed by atoms with van der Waals surface area (Å²) < 4.78 is 14.8. The van der Waals surface area contributed by atoms with Gasteiger partial charge in [-0.15, -0.1) is 0 Å². The Balaban J connectivity index is 2.14. The van der Waals surface area contributed by atoms with E-state index in [1.165, 1.54) is 0 Å². The van der Waals surface area contributed by atoms with E-state index < -0.39 is 33.3 Å². The molecular formula is C11H10N2O8. The highest BCUT2D eigenvalue weighted by atomic mass is 16.7. The van der Waals surface area contributed by atoms with Crippen molar-refractivity contribution in [2.45, 2.75) is 6.10 Å². The zero-order chi connectivity index (χ0) is 15.4. The van der Waals surface area contributed by atoms with Crippen LogP contribution in [0.5, 0.6) is 0 Å². The van der Waals surface area contributed by atoms with E-state index in [1.807, 2.05) is 0 Å². The molecular weight excluding hydrogens is 288 g/mol. The van der Waals surface area contributed by atoms with Gasteiger partial charge in [-0.3, -0.25) is 20.2 Å². The molecule has 21 heavy (non-hydrogen) atoms. The molecule has 1 fully saturated rings. The summed E-state index contributed by atoms with van der Waals surface area (Å²) >= 11 is 0. The van der Waals surface area contributed by atoms with Gasteiger partial charge in [0.05, 0.1) is 28.1 Å². The van der Waals surface area contributed by atoms with E-state index >= 15 is 0 Å². The summed E-state index contributed by atoms with van der Waals surface area (Å²) in [7, 11) is 0. The molecule has 1 heterocycles. The van der Waals surface area contributed by atoms with E-state index in [4.69, 9.17) is 14.2 Å². The van der Waals surface area contributed by atoms with Gasteiger partial charge in [0.15, 0.2) is 0 Å². The molecule has 1 unspecified atom stereocenters. The highest BCUT2D eigenvalue weighted by molar-refractivity contribution is 5.91. The van der Waals surface area contributed by atoms with E-state index in [1.54, 1.807) is 0 Å². The second-order valence-corrected chi connectivity index (χ2v) is 4.13. The molecule has 1 aliphatic rings. The van der Waals surface area contributed by atoms with Crippen molar-refractivity contribution in [1.82, 2.24) is 0 Å². The molecule has 0 bridgehead atoms. The molecule has 112 valence electrons. The maximum atomic E-state index is 11.8. The van der Waals surface area contributed by atoms with Crippen molar-refractivity contribution < 1.29 is 28.9 Å². The van der Waals surface area contributed by atoms with Crippen LogP contribution in [0.1, 0.15) is 10.4 Å². The van der Waals surface area contributed by atoms with Gasteiger partial charge in [0, 0.05) is 12.1 Å². The van der Waals surface area contributed by atoms with Crippen molar-refractivity contribution in [2.24, 2.45) is 0 Å². The molecule has 0 aromatic heterocycles. The maximum absolute atomic E-state index is 11.8. The van der Waals surface area contributed by atoms with Gasteiger partial charge >= 0.3 is 5.97 Å². The number of hydrogen-bond donors (Lipinski definition) is 0. The predicted molar refractivity (Wildman–Crippen MR) is 65.7 cm³/mol. The fourth-order valence-electron chi connectivity index (χ4n) is 1.64. The molecule has 1 saturated heterocycles. The molecule has 1 aliphatic heterocycles. The minimum absolute atomic E-state index is 0.102. The molecule has 0 spiro atoms. The normalized spacial score (nSPS) is 17.4. The number of nitro groups is 2. The average Bonchev–Trinajstić information content (AvgIpc) is 2.97. The first kappa shape index (κ1) is 14.8. The molecule has 0 radical (unpaired) electrons. The van der Waals surface area contributed by atoms with Crippen LogP contribution in [0.25, 0.3) is 0 Å². The van der Waals surface area contributed by atoms with Crippen LogP contribution in [-0.2, 0) is 14.2 Å². The average molecular weight is 298 g/mol. The lowest BCUT2D eigenvalue weighted by atomic mass is 10.2. The molecule has 10 heteroatoms. The quantitative estimate of drug-likeness (QED) is 0.447. The topological polar surface area (TPSA) is 131 Å². The molecule has 2 rings (SSSR count). The number of carbonyl (C=O) groups is 1. The Morgan fingerprint density at radius 2 is 1.86 bits per heavy atom. The summed E-state index contributed by atoms with van der Waals surface area (Å²) in [6.07, 6.45) is -0.414. The lowest BCUT2D eigenvalue weighted by molar-refractivity contribution is -0.394. The Morgan fingerprint density at radius 1 is 1.24 bits per heavy atom. The van der Waals surface area contributed by atoms with Crippen molar-refractivity contribution in [1.29, 1.82) is 0 Å². The highest BCUT2D eigenvalue weighted by Gasteiger charge is 2.23. The van der Waals surface area contributed by atoms with Crippen molar-refractivity contribution in [3.05, 3.63) is 44.0 Å². The number of non-ortho nitro benzene ring substituents is 2. The molecule has 0 N–H and O–H groups in total. The van der Waals surface area contributed by atoms with Crippen molar-refractivity contribution >= 4 is 17.3 Å². The lowest BCUT2D eigenvalue weighted by Crippen LogP contribution is -2.20. The number of nitrogens with zero attached hydrogens (tertiary/aromatic N) is 2. The van der Waals surface area contributed by atoms with Crippen LogP contribution >= 0.6 is 0 Å². The number of nitro benzene ring substituents is 2. The summed E-state index contributed by atoms with van der Waals surface area (Å²) in [4.78, 5) is 31.6. The molecule has 0 aliphatic carbocycles. The third kappa shape index (κ3) is 3.70.